The first-order valence-corrected chi connectivity index (χ1v) is 22.6. The standard InChI is InChI=1S/C19H20O3.2C18H18O3/c1-19(17-13-21-17,15-10-6-3-7-11-15)22-18(16-12-20-16)14-8-4-2-5-9-14;2*1-3-7-13(8-4-1)17(15-11-19-15)21-18(16-12-20-16)14-9-5-2-6-10-14/h2-11,16-18H,12-13H2,1H3;2*1-10,15-18H,11-12H2. The molecule has 6 saturated heterocycles. The molecule has 6 aromatic carbocycles. The summed E-state index contributed by atoms with van der Waals surface area (Å²) in [5.41, 5.74) is 6.53. The van der Waals surface area contributed by atoms with Crippen molar-refractivity contribution in [2.45, 2.75) is 79.7 Å². The Labute approximate surface area is 376 Å². The van der Waals surface area contributed by atoms with E-state index in [9.17, 15) is 0 Å². The van der Waals surface area contributed by atoms with E-state index in [1.165, 1.54) is 22.3 Å². The van der Waals surface area contributed by atoms with Crippen LogP contribution in [0, 0.1) is 0 Å². The fraction of sp³-hybridized carbons (Fsp3) is 0.345. The zero-order valence-corrected chi connectivity index (χ0v) is 36.1. The van der Waals surface area contributed by atoms with Gasteiger partial charge < -0.3 is 42.6 Å². The molecule has 0 spiro atoms. The van der Waals surface area contributed by atoms with Crippen LogP contribution in [0.15, 0.2) is 182 Å². The second-order valence-corrected chi connectivity index (χ2v) is 17.2. The van der Waals surface area contributed by atoms with E-state index in [0.29, 0.717) is 0 Å². The van der Waals surface area contributed by atoms with Gasteiger partial charge in [-0.25, -0.2) is 0 Å². The molecule has 6 aliphatic rings. The second kappa shape index (κ2) is 20.0. The molecule has 0 aromatic heterocycles. The Bertz CT molecular complexity index is 2080. The first kappa shape index (κ1) is 42.9. The molecule has 12 rings (SSSR count). The molecule has 0 N–H and O–H groups in total. The SMILES string of the molecule is CC(OC(c1ccccc1)C1CO1)(c1ccccc1)C1CO1.c1ccc(C(OC(c2ccccc2)C2CO2)C2CO2)cc1.c1ccc(C(OC(c2ccccc2)C2CO2)C2CO2)cc1. The number of benzene rings is 6. The van der Waals surface area contributed by atoms with Crippen LogP contribution < -0.4 is 0 Å². The normalized spacial score (nSPS) is 26.4. The van der Waals surface area contributed by atoms with Gasteiger partial charge in [0.1, 0.15) is 72.7 Å². The molecular formula is C55H56O9. The molecule has 0 bridgehead atoms. The summed E-state index contributed by atoms with van der Waals surface area (Å²) >= 11 is 0. The average Bonchev–Trinajstić information content (AvgIpc) is 4.14. The van der Waals surface area contributed by atoms with E-state index in [-0.39, 0.29) is 67.1 Å². The zero-order valence-electron chi connectivity index (χ0n) is 36.1. The van der Waals surface area contributed by atoms with Crippen LogP contribution in [0.25, 0.3) is 0 Å². The van der Waals surface area contributed by atoms with Crippen molar-refractivity contribution < 1.29 is 42.6 Å². The van der Waals surface area contributed by atoms with Crippen molar-refractivity contribution in [3.05, 3.63) is 215 Å². The van der Waals surface area contributed by atoms with Gasteiger partial charge in [-0.3, -0.25) is 0 Å². The van der Waals surface area contributed by atoms with E-state index < -0.39 is 5.60 Å². The van der Waals surface area contributed by atoms with Crippen molar-refractivity contribution in [1.29, 1.82) is 0 Å². The van der Waals surface area contributed by atoms with Crippen LogP contribution >= 0.6 is 0 Å². The largest absolute Gasteiger partial charge is 0.370 e. The molecule has 0 radical (unpaired) electrons. The number of hydrogen-bond acceptors (Lipinski definition) is 9. The fourth-order valence-corrected chi connectivity index (χ4v) is 8.29. The van der Waals surface area contributed by atoms with E-state index in [1.807, 2.05) is 109 Å². The Balaban J connectivity index is 0.000000114. The molecule has 64 heavy (non-hydrogen) atoms. The Morgan fingerprint density at radius 1 is 0.344 bits per heavy atom. The van der Waals surface area contributed by atoms with Crippen molar-refractivity contribution >= 4 is 0 Å². The first-order valence-electron chi connectivity index (χ1n) is 22.6. The number of ether oxygens (including phenoxy) is 9. The van der Waals surface area contributed by atoms with E-state index in [4.69, 9.17) is 42.6 Å². The molecule has 6 heterocycles. The third-order valence-corrected chi connectivity index (χ3v) is 12.4. The summed E-state index contributed by atoms with van der Waals surface area (Å²) in [5.74, 6) is 0. The Morgan fingerprint density at radius 3 is 0.828 bits per heavy atom. The molecule has 9 nitrogen and oxygen atoms in total. The van der Waals surface area contributed by atoms with Crippen molar-refractivity contribution in [2.75, 3.05) is 39.6 Å². The van der Waals surface area contributed by atoms with Gasteiger partial charge in [-0.2, -0.15) is 0 Å². The molecule has 0 aliphatic carbocycles. The highest BCUT2D eigenvalue weighted by Gasteiger charge is 2.50. The Hall–Kier alpha value is -5.04. The molecule has 6 aromatic rings. The quantitative estimate of drug-likeness (QED) is 0.0782. The van der Waals surface area contributed by atoms with Crippen LogP contribution in [0.4, 0.5) is 0 Å². The molecule has 12 atom stereocenters. The fourth-order valence-electron chi connectivity index (χ4n) is 8.29. The summed E-state index contributed by atoms with van der Waals surface area (Å²) in [4.78, 5) is 0. The first-order chi connectivity index (χ1) is 31.6. The van der Waals surface area contributed by atoms with Crippen molar-refractivity contribution in [2.24, 2.45) is 0 Å². The van der Waals surface area contributed by atoms with Crippen LogP contribution in [0.1, 0.15) is 70.8 Å². The lowest BCUT2D eigenvalue weighted by molar-refractivity contribution is -0.113. The number of epoxide rings is 6. The maximum atomic E-state index is 6.61. The summed E-state index contributed by atoms with van der Waals surface area (Å²) in [7, 11) is 0. The highest BCUT2D eigenvalue weighted by molar-refractivity contribution is 5.28. The maximum absolute atomic E-state index is 6.61. The maximum Gasteiger partial charge on any atom is 0.120 e. The lowest BCUT2D eigenvalue weighted by atomic mass is 9.91. The average molecular weight is 861 g/mol. The van der Waals surface area contributed by atoms with Crippen LogP contribution in [-0.2, 0) is 48.2 Å². The molecule has 12 unspecified atom stereocenters. The van der Waals surface area contributed by atoms with Gasteiger partial charge >= 0.3 is 0 Å². The van der Waals surface area contributed by atoms with Gasteiger partial charge in [0.15, 0.2) is 0 Å². The van der Waals surface area contributed by atoms with Gasteiger partial charge in [-0.05, 0) is 40.3 Å². The van der Waals surface area contributed by atoms with E-state index >= 15 is 0 Å². The Kier molecular flexibility index (Phi) is 13.4. The van der Waals surface area contributed by atoms with Crippen molar-refractivity contribution in [3.63, 3.8) is 0 Å². The minimum atomic E-state index is -0.451. The smallest absolute Gasteiger partial charge is 0.120 e. The van der Waals surface area contributed by atoms with Gasteiger partial charge in [0, 0.05) is 0 Å². The lowest BCUT2D eigenvalue weighted by Crippen LogP contribution is -2.35. The predicted molar refractivity (Wildman–Crippen MR) is 241 cm³/mol. The van der Waals surface area contributed by atoms with Crippen molar-refractivity contribution in [1.82, 2.24) is 0 Å². The molecule has 330 valence electrons. The van der Waals surface area contributed by atoms with E-state index in [0.717, 1.165) is 50.8 Å². The van der Waals surface area contributed by atoms with Gasteiger partial charge in [-0.1, -0.05) is 182 Å². The summed E-state index contributed by atoms with van der Waals surface area (Å²) in [6.07, 6.45) is 0.742. The minimum absolute atomic E-state index is 0.0272. The van der Waals surface area contributed by atoms with Gasteiger partial charge in [0.05, 0.1) is 39.6 Å². The van der Waals surface area contributed by atoms with Crippen LogP contribution in [0.5, 0.6) is 0 Å². The number of rotatable bonds is 18. The highest BCUT2D eigenvalue weighted by atomic mass is 16.7. The molecule has 9 heteroatoms. The zero-order chi connectivity index (χ0) is 43.1. The molecule has 0 amide bonds. The third kappa shape index (κ3) is 11.2. The van der Waals surface area contributed by atoms with E-state index in [1.54, 1.807) is 0 Å². The molecule has 6 fully saturated rings. The summed E-state index contributed by atoms with van der Waals surface area (Å²) < 4.78 is 52.6. The third-order valence-electron chi connectivity index (χ3n) is 12.4. The highest BCUT2D eigenvalue weighted by Crippen LogP contribution is 2.45. The summed E-state index contributed by atoms with van der Waals surface area (Å²) in [6, 6.07) is 61.9. The molecule has 6 aliphatic heterocycles. The number of hydrogen-bond donors (Lipinski definition) is 0. The van der Waals surface area contributed by atoms with E-state index in [2.05, 4.69) is 79.7 Å². The van der Waals surface area contributed by atoms with Gasteiger partial charge in [0.25, 0.3) is 0 Å². The van der Waals surface area contributed by atoms with Crippen molar-refractivity contribution in [3.8, 4) is 0 Å². The van der Waals surface area contributed by atoms with Crippen LogP contribution in [-0.4, -0.2) is 76.3 Å². The minimum Gasteiger partial charge on any atom is -0.370 e. The topological polar surface area (TPSA) is 103 Å². The Morgan fingerprint density at radius 2 is 0.578 bits per heavy atom. The predicted octanol–water partition coefficient (Wildman–Crippen LogP) is 10.0. The lowest BCUT2D eigenvalue weighted by Gasteiger charge is -2.33. The van der Waals surface area contributed by atoms with Crippen LogP contribution in [0.2, 0.25) is 0 Å². The van der Waals surface area contributed by atoms with Gasteiger partial charge in [0.2, 0.25) is 0 Å². The second-order valence-electron chi connectivity index (χ2n) is 17.2. The summed E-state index contributed by atoms with van der Waals surface area (Å²) in [5, 5.41) is 0. The monoisotopic (exact) mass is 860 g/mol. The molecule has 0 saturated carbocycles. The van der Waals surface area contributed by atoms with Gasteiger partial charge in [-0.15, -0.1) is 0 Å². The molecular weight excluding hydrogens is 805 g/mol. The summed E-state index contributed by atoms with van der Waals surface area (Å²) in [6.45, 7) is 6.71. The van der Waals surface area contributed by atoms with Crippen LogP contribution in [0.3, 0.4) is 0 Å².